The number of nitrogens with zero attached hydrogens (tertiary/aromatic N) is 1. The zero-order chi connectivity index (χ0) is 18.0. The van der Waals surface area contributed by atoms with Crippen LogP contribution in [0.25, 0.3) is 0 Å². The predicted octanol–water partition coefficient (Wildman–Crippen LogP) is 2.04. The smallest absolute Gasteiger partial charge is 0.321 e. The minimum absolute atomic E-state index is 0.0516. The predicted molar refractivity (Wildman–Crippen MR) is 92.0 cm³/mol. The lowest BCUT2D eigenvalue weighted by atomic mass is 9.81. The molecule has 0 radical (unpaired) electrons. The molecule has 1 saturated carbocycles. The second-order valence-corrected chi connectivity index (χ2v) is 6.97. The quantitative estimate of drug-likeness (QED) is 0.778. The molecule has 1 aliphatic heterocycles. The Balaban J connectivity index is 1.60. The van der Waals surface area contributed by atoms with Crippen molar-refractivity contribution < 1.29 is 19.5 Å². The van der Waals surface area contributed by atoms with E-state index in [-0.39, 0.29) is 24.4 Å². The summed E-state index contributed by atoms with van der Waals surface area (Å²) in [5, 5.41) is 15.1. The molecule has 3 N–H and O–H groups in total. The number of hydrogen-bond acceptors (Lipinski definition) is 3. The number of amides is 3. The number of carboxylic acid groups (broad SMARTS) is 1. The first-order valence-electron chi connectivity index (χ1n) is 8.53. The number of urea groups is 1. The van der Waals surface area contributed by atoms with E-state index >= 15 is 0 Å². The summed E-state index contributed by atoms with van der Waals surface area (Å²) in [6.07, 6.45) is 2.44. The molecule has 1 aromatic carbocycles. The van der Waals surface area contributed by atoms with E-state index in [1.54, 1.807) is 17.0 Å². The highest BCUT2D eigenvalue weighted by Crippen LogP contribution is 2.48. The largest absolute Gasteiger partial charge is 0.481 e. The molecule has 0 spiro atoms. The number of nitrogens with one attached hydrogen (secondary N) is 2. The van der Waals surface area contributed by atoms with E-state index < -0.39 is 11.4 Å². The number of hydrogen-bond donors (Lipinski definition) is 3. The zero-order valence-corrected chi connectivity index (χ0v) is 14.2. The summed E-state index contributed by atoms with van der Waals surface area (Å²) in [5.41, 5.74) is 0.825. The van der Waals surface area contributed by atoms with Crippen LogP contribution in [0.2, 0.25) is 0 Å². The van der Waals surface area contributed by atoms with Crippen molar-refractivity contribution in [2.24, 2.45) is 11.3 Å². The zero-order valence-electron chi connectivity index (χ0n) is 14.2. The average molecular weight is 345 g/mol. The highest BCUT2D eigenvalue weighted by molar-refractivity contribution is 5.90. The molecule has 0 bridgehead atoms. The van der Waals surface area contributed by atoms with Crippen molar-refractivity contribution in [3.8, 4) is 0 Å². The van der Waals surface area contributed by atoms with Crippen molar-refractivity contribution in [2.75, 3.05) is 18.4 Å². The van der Waals surface area contributed by atoms with Gasteiger partial charge in [0.05, 0.1) is 5.41 Å². The molecule has 1 saturated heterocycles. The van der Waals surface area contributed by atoms with Gasteiger partial charge >= 0.3 is 12.0 Å². The number of anilines is 1. The molecule has 7 heteroatoms. The van der Waals surface area contributed by atoms with Crippen LogP contribution in [0.5, 0.6) is 0 Å². The van der Waals surface area contributed by atoms with E-state index in [1.165, 1.54) is 6.92 Å². The SMILES string of the molecule is CC(=O)NCc1ccc(NC(=O)N2C[C@@H]3CCC[C@@]3(C(=O)O)C2)cc1. The van der Waals surface area contributed by atoms with Gasteiger partial charge in [-0.1, -0.05) is 18.6 Å². The minimum atomic E-state index is -0.785. The van der Waals surface area contributed by atoms with Crippen LogP contribution in [0, 0.1) is 11.3 Å². The monoisotopic (exact) mass is 345 g/mol. The average Bonchev–Trinajstić information content (AvgIpc) is 3.12. The van der Waals surface area contributed by atoms with Crippen LogP contribution < -0.4 is 10.6 Å². The first kappa shape index (κ1) is 17.3. The van der Waals surface area contributed by atoms with Gasteiger partial charge in [-0.05, 0) is 36.5 Å². The molecule has 3 rings (SSSR count). The Morgan fingerprint density at radius 1 is 1.28 bits per heavy atom. The van der Waals surface area contributed by atoms with Gasteiger partial charge in [0.1, 0.15) is 0 Å². The highest BCUT2D eigenvalue weighted by atomic mass is 16.4. The Morgan fingerprint density at radius 2 is 2.00 bits per heavy atom. The Labute approximate surface area is 146 Å². The maximum atomic E-state index is 12.5. The maximum absolute atomic E-state index is 12.5. The molecule has 25 heavy (non-hydrogen) atoms. The Hall–Kier alpha value is -2.57. The number of likely N-dealkylation sites (tertiary alicyclic amines) is 1. The van der Waals surface area contributed by atoms with Gasteiger partial charge in [-0.25, -0.2) is 4.79 Å². The van der Waals surface area contributed by atoms with Gasteiger partial charge in [0, 0.05) is 32.2 Å². The number of aliphatic carboxylic acids is 1. The second kappa shape index (κ2) is 6.74. The van der Waals surface area contributed by atoms with Crippen molar-refractivity contribution in [3.63, 3.8) is 0 Å². The van der Waals surface area contributed by atoms with Crippen molar-refractivity contribution in [1.82, 2.24) is 10.2 Å². The van der Waals surface area contributed by atoms with E-state index in [2.05, 4.69) is 10.6 Å². The Morgan fingerprint density at radius 3 is 2.60 bits per heavy atom. The third-order valence-corrected chi connectivity index (χ3v) is 5.33. The maximum Gasteiger partial charge on any atom is 0.321 e. The van der Waals surface area contributed by atoms with E-state index in [4.69, 9.17) is 0 Å². The molecule has 0 unspecified atom stereocenters. The van der Waals surface area contributed by atoms with Gasteiger partial charge in [0.25, 0.3) is 0 Å². The normalized spacial score (nSPS) is 24.7. The van der Waals surface area contributed by atoms with Gasteiger partial charge in [0.15, 0.2) is 0 Å². The third kappa shape index (κ3) is 3.45. The number of fused-ring (bicyclic) bond motifs is 1. The fourth-order valence-corrected chi connectivity index (χ4v) is 3.93. The van der Waals surface area contributed by atoms with Gasteiger partial charge in [-0.2, -0.15) is 0 Å². The van der Waals surface area contributed by atoms with Gasteiger partial charge in [-0.15, -0.1) is 0 Å². The first-order chi connectivity index (χ1) is 11.9. The molecule has 2 atom stereocenters. The second-order valence-electron chi connectivity index (χ2n) is 6.97. The lowest BCUT2D eigenvalue weighted by molar-refractivity contribution is -0.149. The Kier molecular flexibility index (Phi) is 4.65. The standard InChI is InChI=1S/C18H23N3O4/c1-12(22)19-9-13-4-6-15(7-5-13)20-17(25)21-10-14-3-2-8-18(14,11-21)16(23)24/h4-7,14H,2-3,8-11H2,1H3,(H,19,22)(H,20,25)(H,23,24)/t14-,18+/m0/s1. The number of carboxylic acids is 1. The molecular weight excluding hydrogens is 322 g/mol. The van der Waals surface area contributed by atoms with Crippen molar-refractivity contribution in [1.29, 1.82) is 0 Å². The van der Waals surface area contributed by atoms with E-state index in [0.717, 1.165) is 18.4 Å². The van der Waals surface area contributed by atoms with Crippen LogP contribution >= 0.6 is 0 Å². The molecule has 1 aromatic rings. The number of benzene rings is 1. The lowest BCUT2D eigenvalue weighted by Gasteiger charge is -2.23. The summed E-state index contributed by atoms with van der Waals surface area (Å²) in [6.45, 7) is 2.68. The topological polar surface area (TPSA) is 98.7 Å². The van der Waals surface area contributed by atoms with Gasteiger partial charge < -0.3 is 20.6 Å². The fourth-order valence-electron chi connectivity index (χ4n) is 3.93. The molecular formula is C18H23N3O4. The number of rotatable bonds is 4. The molecule has 2 aliphatic rings. The molecule has 1 aliphatic carbocycles. The molecule has 3 amide bonds. The molecule has 2 fully saturated rings. The summed E-state index contributed by atoms with van der Waals surface area (Å²) in [5.74, 6) is -0.826. The van der Waals surface area contributed by atoms with Crippen molar-refractivity contribution >= 4 is 23.6 Å². The summed E-state index contributed by atoms with van der Waals surface area (Å²) in [7, 11) is 0. The molecule has 7 nitrogen and oxygen atoms in total. The third-order valence-electron chi connectivity index (χ3n) is 5.33. The summed E-state index contributed by atoms with van der Waals surface area (Å²) < 4.78 is 0. The van der Waals surface area contributed by atoms with Gasteiger partial charge in [0.2, 0.25) is 5.91 Å². The van der Waals surface area contributed by atoms with E-state index in [0.29, 0.717) is 25.2 Å². The van der Waals surface area contributed by atoms with Crippen LogP contribution in [-0.4, -0.2) is 41.0 Å². The lowest BCUT2D eigenvalue weighted by Crippen LogP contribution is -2.38. The van der Waals surface area contributed by atoms with E-state index in [9.17, 15) is 19.5 Å². The summed E-state index contributed by atoms with van der Waals surface area (Å²) in [4.78, 5) is 36.7. The minimum Gasteiger partial charge on any atom is -0.481 e. The summed E-state index contributed by atoms with van der Waals surface area (Å²) in [6, 6.07) is 6.97. The van der Waals surface area contributed by atoms with Gasteiger partial charge in [-0.3, -0.25) is 9.59 Å². The molecule has 134 valence electrons. The van der Waals surface area contributed by atoms with Crippen LogP contribution in [0.3, 0.4) is 0 Å². The molecule has 0 aromatic heterocycles. The summed E-state index contributed by atoms with van der Waals surface area (Å²) >= 11 is 0. The van der Waals surface area contributed by atoms with Crippen LogP contribution in [-0.2, 0) is 16.1 Å². The first-order valence-corrected chi connectivity index (χ1v) is 8.53. The number of carbonyl (C=O) groups excluding carboxylic acids is 2. The van der Waals surface area contributed by atoms with Crippen molar-refractivity contribution in [3.05, 3.63) is 29.8 Å². The van der Waals surface area contributed by atoms with Crippen LogP contribution in [0.15, 0.2) is 24.3 Å². The van der Waals surface area contributed by atoms with Crippen molar-refractivity contribution in [2.45, 2.75) is 32.7 Å². The van der Waals surface area contributed by atoms with Crippen LogP contribution in [0.4, 0.5) is 10.5 Å². The Bertz CT molecular complexity index is 688. The molecule has 1 heterocycles. The highest BCUT2D eigenvalue weighted by Gasteiger charge is 2.55. The fraction of sp³-hybridized carbons (Fsp3) is 0.500. The number of carbonyl (C=O) groups is 3. The van der Waals surface area contributed by atoms with E-state index in [1.807, 2.05) is 12.1 Å². The van der Waals surface area contributed by atoms with Crippen LogP contribution in [0.1, 0.15) is 31.7 Å².